The zero-order valence-corrected chi connectivity index (χ0v) is 14.8. The first-order chi connectivity index (χ1) is 12.7. The topological polar surface area (TPSA) is 44.8 Å². The lowest BCUT2D eigenvalue weighted by molar-refractivity contribution is 0.0957. The highest BCUT2D eigenvalue weighted by molar-refractivity contribution is 6.23. The van der Waals surface area contributed by atoms with E-state index in [0.29, 0.717) is 22.8 Å². The summed E-state index contributed by atoms with van der Waals surface area (Å²) >= 11 is 0. The largest absolute Gasteiger partial charge is 0.493 e. The molecule has 0 spiro atoms. The smallest absolute Gasteiger partial charge is 0.228 e. The third-order valence-electron chi connectivity index (χ3n) is 4.74. The molecule has 0 N–H and O–H groups in total. The number of carbonyl (C=O) groups is 1. The van der Waals surface area contributed by atoms with E-state index in [4.69, 9.17) is 14.2 Å². The Labute approximate surface area is 151 Å². The van der Waals surface area contributed by atoms with Gasteiger partial charge in [-0.05, 0) is 40.3 Å². The Morgan fingerprint density at radius 2 is 1.58 bits per heavy atom. The van der Waals surface area contributed by atoms with Crippen molar-refractivity contribution in [2.75, 3.05) is 21.3 Å². The quantitative estimate of drug-likeness (QED) is 0.686. The van der Waals surface area contributed by atoms with Gasteiger partial charge < -0.3 is 14.2 Å². The average molecular weight is 346 g/mol. The average Bonchev–Trinajstić information content (AvgIpc) is 2.69. The van der Waals surface area contributed by atoms with E-state index in [2.05, 4.69) is 6.07 Å². The molecule has 0 bridgehead atoms. The van der Waals surface area contributed by atoms with Crippen LogP contribution in [0.15, 0.2) is 54.3 Å². The first-order valence-corrected chi connectivity index (χ1v) is 8.26. The molecule has 4 rings (SSSR count). The molecule has 0 saturated heterocycles. The highest BCUT2D eigenvalue weighted by Crippen LogP contribution is 2.40. The van der Waals surface area contributed by atoms with Gasteiger partial charge in [0, 0.05) is 10.9 Å². The van der Waals surface area contributed by atoms with E-state index in [0.717, 1.165) is 27.5 Å². The number of carbonyl (C=O) groups excluding carboxylic acids is 1. The standard InChI is InChI=1S/C22H18O4/c1-24-18-10-8-14(11-19(18)25-2)15-9-7-13-5-4-6-16-21(13)17(15)12-20(26-3)22(16)23/h4-12H,1-3H3. The van der Waals surface area contributed by atoms with Gasteiger partial charge in [-0.3, -0.25) is 4.79 Å². The molecule has 0 unspecified atom stereocenters. The molecule has 0 heterocycles. The Morgan fingerprint density at radius 3 is 2.31 bits per heavy atom. The van der Waals surface area contributed by atoms with Crippen LogP contribution in [-0.4, -0.2) is 27.1 Å². The molecule has 0 fully saturated rings. The third kappa shape index (κ3) is 2.34. The summed E-state index contributed by atoms with van der Waals surface area (Å²) in [6, 6.07) is 15.7. The summed E-state index contributed by atoms with van der Waals surface area (Å²) in [5.41, 5.74) is 3.63. The maximum atomic E-state index is 12.6. The maximum absolute atomic E-state index is 12.6. The number of hydrogen-bond donors (Lipinski definition) is 0. The van der Waals surface area contributed by atoms with Crippen molar-refractivity contribution >= 4 is 22.6 Å². The Bertz CT molecular complexity index is 1060. The lowest BCUT2D eigenvalue weighted by atomic mass is 9.86. The van der Waals surface area contributed by atoms with Crippen molar-refractivity contribution < 1.29 is 19.0 Å². The van der Waals surface area contributed by atoms with Crippen molar-refractivity contribution in [3.05, 3.63) is 65.4 Å². The zero-order valence-electron chi connectivity index (χ0n) is 14.8. The highest BCUT2D eigenvalue weighted by atomic mass is 16.5. The summed E-state index contributed by atoms with van der Waals surface area (Å²) < 4.78 is 16.1. The van der Waals surface area contributed by atoms with Crippen LogP contribution >= 0.6 is 0 Å². The number of Topliss-reactive ketones (excluding diaryl/α,β-unsaturated/α-hetero) is 1. The van der Waals surface area contributed by atoms with Gasteiger partial charge in [0.05, 0.1) is 21.3 Å². The van der Waals surface area contributed by atoms with E-state index in [1.165, 1.54) is 7.11 Å². The van der Waals surface area contributed by atoms with Crippen LogP contribution in [0.1, 0.15) is 15.9 Å². The van der Waals surface area contributed by atoms with E-state index in [9.17, 15) is 4.79 Å². The molecule has 4 heteroatoms. The van der Waals surface area contributed by atoms with Crippen LogP contribution in [0.4, 0.5) is 0 Å². The van der Waals surface area contributed by atoms with Gasteiger partial charge in [0.2, 0.25) is 5.78 Å². The van der Waals surface area contributed by atoms with Crippen LogP contribution in [0.25, 0.3) is 28.0 Å². The van der Waals surface area contributed by atoms with Crippen molar-refractivity contribution in [3.63, 3.8) is 0 Å². The maximum Gasteiger partial charge on any atom is 0.228 e. The molecule has 0 atom stereocenters. The first kappa shape index (κ1) is 16.2. The normalized spacial score (nSPS) is 12.7. The number of benzene rings is 3. The number of ketones is 1. The molecule has 4 nitrogen and oxygen atoms in total. The van der Waals surface area contributed by atoms with Gasteiger partial charge in [0.1, 0.15) is 0 Å². The fourth-order valence-corrected chi connectivity index (χ4v) is 3.48. The van der Waals surface area contributed by atoms with E-state index >= 15 is 0 Å². The predicted octanol–water partition coefficient (Wildman–Crippen LogP) is 4.71. The van der Waals surface area contributed by atoms with Gasteiger partial charge in [-0.2, -0.15) is 0 Å². The van der Waals surface area contributed by atoms with Crippen LogP contribution in [0.2, 0.25) is 0 Å². The molecule has 0 saturated carbocycles. The summed E-state index contributed by atoms with van der Waals surface area (Å²) in [4.78, 5) is 12.6. The van der Waals surface area contributed by atoms with E-state index in [1.54, 1.807) is 14.2 Å². The van der Waals surface area contributed by atoms with Crippen LogP contribution in [0.5, 0.6) is 11.5 Å². The van der Waals surface area contributed by atoms with Crippen LogP contribution in [0.3, 0.4) is 0 Å². The molecule has 1 aliphatic rings. The Balaban J connectivity index is 2.02. The number of rotatable bonds is 4. The van der Waals surface area contributed by atoms with Crippen molar-refractivity contribution in [2.45, 2.75) is 0 Å². The second-order valence-corrected chi connectivity index (χ2v) is 6.04. The summed E-state index contributed by atoms with van der Waals surface area (Å²) in [6.07, 6.45) is 1.82. The van der Waals surface area contributed by atoms with E-state index in [1.807, 2.05) is 48.5 Å². The van der Waals surface area contributed by atoms with Crippen LogP contribution in [-0.2, 0) is 4.74 Å². The molecule has 3 aromatic carbocycles. The van der Waals surface area contributed by atoms with Crippen molar-refractivity contribution in [3.8, 4) is 22.6 Å². The van der Waals surface area contributed by atoms with Gasteiger partial charge in [0.15, 0.2) is 17.3 Å². The summed E-state index contributed by atoms with van der Waals surface area (Å²) in [6.45, 7) is 0. The Morgan fingerprint density at radius 1 is 0.769 bits per heavy atom. The fraction of sp³-hybridized carbons (Fsp3) is 0.136. The van der Waals surface area contributed by atoms with Gasteiger partial charge in [0.25, 0.3) is 0 Å². The van der Waals surface area contributed by atoms with E-state index < -0.39 is 0 Å². The zero-order chi connectivity index (χ0) is 18.3. The Hall–Kier alpha value is -3.27. The van der Waals surface area contributed by atoms with Gasteiger partial charge in [-0.1, -0.05) is 36.4 Å². The minimum Gasteiger partial charge on any atom is -0.493 e. The molecule has 0 radical (unpaired) electrons. The summed E-state index contributed by atoms with van der Waals surface area (Å²) in [5, 5.41) is 1.98. The Kier molecular flexibility index (Phi) is 3.88. The van der Waals surface area contributed by atoms with Crippen molar-refractivity contribution in [1.29, 1.82) is 0 Å². The van der Waals surface area contributed by atoms with Gasteiger partial charge in [-0.25, -0.2) is 0 Å². The van der Waals surface area contributed by atoms with Gasteiger partial charge in [-0.15, -0.1) is 0 Å². The van der Waals surface area contributed by atoms with Crippen molar-refractivity contribution in [2.24, 2.45) is 0 Å². The first-order valence-electron chi connectivity index (χ1n) is 8.26. The van der Waals surface area contributed by atoms with Crippen LogP contribution in [0, 0.1) is 0 Å². The second-order valence-electron chi connectivity index (χ2n) is 6.04. The number of methoxy groups -OCH3 is 3. The number of allylic oxidation sites excluding steroid dienone is 1. The molecular formula is C22H18O4. The van der Waals surface area contributed by atoms with Crippen molar-refractivity contribution in [1.82, 2.24) is 0 Å². The molecule has 0 amide bonds. The summed E-state index contributed by atoms with van der Waals surface area (Å²) in [5.74, 6) is 1.59. The molecule has 130 valence electrons. The molecule has 0 aliphatic heterocycles. The third-order valence-corrected chi connectivity index (χ3v) is 4.74. The molecule has 3 aromatic rings. The minimum atomic E-state index is -0.0879. The fourth-order valence-electron chi connectivity index (χ4n) is 3.48. The minimum absolute atomic E-state index is 0.0879. The second kappa shape index (κ2) is 6.23. The SMILES string of the molecule is COC1=Cc2c(-c3ccc(OC)c(OC)c3)ccc3cccc(c23)C1=O. The number of ether oxygens (including phenoxy) is 3. The molecule has 0 aromatic heterocycles. The van der Waals surface area contributed by atoms with Gasteiger partial charge >= 0.3 is 0 Å². The monoisotopic (exact) mass is 346 g/mol. The number of hydrogen-bond acceptors (Lipinski definition) is 4. The molecule has 1 aliphatic carbocycles. The van der Waals surface area contributed by atoms with E-state index in [-0.39, 0.29) is 5.78 Å². The van der Waals surface area contributed by atoms with Crippen LogP contribution < -0.4 is 9.47 Å². The highest BCUT2D eigenvalue weighted by Gasteiger charge is 2.24. The molecular weight excluding hydrogens is 328 g/mol. The predicted molar refractivity (Wildman–Crippen MR) is 102 cm³/mol. The lowest BCUT2D eigenvalue weighted by Gasteiger charge is -2.19. The molecule has 26 heavy (non-hydrogen) atoms. The summed E-state index contributed by atoms with van der Waals surface area (Å²) in [7, 11) is 4.75. The lowest BCUT2D eigenvalue weighted by Crippen LogP contribution is -2.11.